The Hall–Kier alpha value is -4.28. The summed E-state index contributed by atoms with van der Waals surface area (Å²) in [7, 11) is 0. The van der Waals surface area contributed by atoms with Gasteiger partial charge in [0, 0.05) is 12.7 Å². The fourth-order valence-electron chi connectivity index (χ4n) is 4.58. The number of hydrogen-bond acceptors (Lipinski definition) is 6. The number of nitrogens with two attached hydrogens (primary N) is 1. The number of halogens is 1. The summed E-state index contributed by atoms with van der Waals surface area (Å²) in [5, 5.41) is 2.72. The predicted octanol–water partition coefficient (Wildman–Crippen LogP) is 2.87. The Kier molecular flexibility index (Phi) is 5.67. The van der Waals surface area contributed by atoms with Crippen molar-refractivity contribution in [3.05, 3.63) is 96.0 Å². The number of carbonyl (C=O) groups is 2. The Labute approximate surface area is 201 Å². The van der Waals surface area contributed by atoms with E-state index in [2.05, 4.69) is 21.9 Å². The van der Waals surface area contributed by atoms with Crippen LogP contribution in [0.2, 0.25) is 0 Å². The first-order chi connectivity index (χ1) is 16.9. The highest BCUT2D eigenvalue weighted by molar-refractivity contribution is 6.13. The predicted molar refractivity (Wildman–Crippen MR) is 129 cm³/mol. The zero-order valence-corrected chi connectivity index (χ0v) is 18.8. The molecular formula is C25H23FN7O2+. The van der Waals surface area contributed by atoms with E-state index < -0.39 is 16.3 Å². The monoisotopic (exact) mass is 472 g/mol. The Bertz CT molecular complexity index is 1350. The first kappa shape index (κ1) is 22.5. The number of pyridine rings is 1. The minimum absolute atomic E-state index is 0.181. The maximum Gasteiger partial charge on any atom is 0.265 e. The SMILES string of the molecule is C=CC(=O)N1CCCC1C1=C2C=NC=C[N+]2(N)C(c2cc(F)ccc2C(=O)Nc2ccccn2)=N1. The van der Waals surface area contributed by atoms with Crippen molar-refractivity contribution in [3.63, 3.8) is 0 Å². The fourth-order valence-corrected chi connectivity index (χ4v) is 4.58. The number of nitrogens with zero attached hydrogens (tertiary/aromatic N) is 5. The van der Waals surface area contributed by atoms with Crippen molar-refractivity contribution < 1.29 is 18.6 Å². The van der Waals surface area contributed by atoms with E-state index in [4.69, 9.17) is 10.8 Å². The van der Waals surface area contributed by atoms with Gasteiger partial charge in [-0.3, -0.25) is 14.6 Å². The Morgan fingerprint density at radius 2 is 2.14 bits per heavy atom. The molecule has 2 amide bonds. The minimum atomic E-state index is -0.544. The molecule has 1 aromatic heterocycles. The van der Waals surface area contributed by atoms with E-state index in [9.17, 15) is 14.0 Å². The van der Waals surface area contributed by atoms with Crippen LogP contribution in [0.15, 0.2) is 89.0 Å². The number of hydrogen-bond donors (Lipinski definition) is 2. The first-order valence-electron chi connectivity index (χ1n) is 11.1. The number of aliphatic imine (C=N–C) groups is 2. The van der Waals surface area contributed by atoms with Crippen LogP contribution in [0.5, 0.6) is 0 Å². The van der Waals surface area contributed by atoms with Gasteiger partial charge in [-0.05, 0) is 49.2 Å². The smallest absolute Gasteiger partial charge is 0.265 e. The zero-order chi connectivity index (χ0) is 24.6. The Morgan fingerprint density at radius 1 is 1.29 bits per heavy atom. The van der Waals surface area contributed by atoms with Crippen LogP contribution in [0.25, 0.3) is 0 Å². The van der Waals surface area contributed by atoms with Gasteiger partial charge in [0.05, 0.1) is 29.6 Å². The van der Waals surface area contributed by atoms with Crippen LogP contribution < -0.4 is 11.2 Å². The second-order valence-electron chi connectivity index (χ2n) is 8.31. The summed E-state index contributed by atoms with van der Waals surface area (Å²) in [6.45, 7) is 4.16. The van der Waals surface area contributed by atoms with Crippen molar-refractivity contribution in [2.24, 2.45) is 15.8 Å². The normalized spacial score (nSPS) is 22.7. The number of likely N-dealkylation sites (tertiary alicyclic amines) is 1. The minimum Gasteiger partial charge on any atom is -0.330 e. The molecule has 3 aliphatic heterocycles. The number of amides is 2. The van der Waals surface area contributed by atoms with E-state index in [-0.39, 0.29) is 28.9 Å². The summed E-state index contributed by atoms with van der Waals surface area (Å²) >= 11 is 0. The van der Waals surface area contributed by atoms with Crippen LogP contribution in [0.4, 0.5) is 10.2 Å². The number of quaternary nitrogens is 1. The van der Waals surface area contributed by atoms with E-state index in [1.807, 2.05) is 0 Å². The van der Waals surface area contributed by atoms with E-state index in [0.29, 0.717) is 30.2 Å². The van der Waals surface area contributed by atoms with Crippen LogP contribution in [0, 0.1) is 5.82 Å². The van der Waals surface area contributed by atoms with Crippen LogP contribution in [-0.4, -0.2) is 50.9 Å². The van der Waals surface area contributed by atoms with E-state index in [1.165, 1.54) is 30.5 Å². The molecule has 5 rings (SSSR count). The highest BCUT2D eigenvalue weighted by atomic mass is 19.1. The lowest BCUT2D eigenvalue weighted by Crippen LogP contribution is -2.53. The number of carbonyl (C=O) groups excluding carboxylic acids is 2. The third-order valence-corrected chi connectivity index (χ3v) is 6.22. The van der Waals surface area contributed by atoms with Gasteiger partial charge >= 0.3 is 0 Å². The summed E-state index contributed by atoms with van der Waals surface area (Å²) in [6.07, 6.45) is 9.03. The molecule has 10 heteroatoms. The molecule has 35 heavy (non-hydrogen) atoms. The van der Waals surface area contributed by atoms with E-state index >= 15 is 0 Å². The third-order valence-electron chi connectivity index (χ3n) is 6.22. The van der Waals surface area contributed by atoms with Gasteiger partial charge in [0.2, 0.25) is 11.6 Å². The average molecular weight is 473 g/mol. The molecule has 1 fully saturated rings. The summed E-state index contributed by atoms with van der Waals surface area (Å²) in [5.74, 6) is 6.18. The fraction of sp³-hybridized carbons (Fsp3) is 0.160. The molecule has 9 nitrogen and oxygen atoms in total. The van der Waals surface area contributed by atoms with Gasteiger partial charge in [-0.25, -0.2) is 9.37 Å². The van der Waals surface area contributed by atoms with Crippen molar-refractivity contribution in [2.75, 3.05) is 11.9 Å². The maximum atomic E-state index is 14.5. The van der Waals surface area contributed by atoms with Crippen LogP contribution in [0.3, 0.4) is 0 Å². The van der Waals surface area contributed by atoms with Crippen molar-refractivity contribution >= 4 is 29.7 Å². The standard InChI is InChI=1S/C25H22FN7O2/c1-2-22(34)32-12-5-6-19(32)23-20-15-28-11-13-33(20,27)24(31-23)18-14-16(26)8-9-17(18)25(35)30-21-7-3-4-10-29-21/h2-4,7-11,13-15,19H,1,5-6,12,27H2/p+1. The molecule has 2 atom stereocenters. The van der Waals surface area contributed by atoms with E-state index in [1.54, 1.807) is 41.7 Å². The Morgan fingerprint density at radius 3 is 2.91 bits per heavy atom. The molecule has 2 unspecified atom stereocenters. The third kappa shape index (κ3) is 3.88. The van der Waals surface area contributed by atoms with Gasteiger partial charge in [-0.1, -0.05) is 12.6 Å². The van der Waals surface area contributed by atoms with Gasteiger partial charge in [0.25, 0.3) is 11.7 Å². The lowest BCUT2D eigenvalue weighted by molar-refractivity contribution is -0.750. The van der Waals surface area contributed by atoms with Gasteiger partial charge in [0.1, 0.15) is 23.5 Å². The van der Waals surface area contributed by atoms with Gasteiger partial charge in [-0.2, -0.15) is 10.8 Å². The Balaban J connectivity index is 1.60. The number of anilines is 1. The number of fused-ring (bicyclic) bond motifs is 1. The van der Waals surface area contributed by atoms with Crippen molar-refractivity contribution in [1.29, 1.82) is 0 Å². The maximum absolute atomic E-state index is 14.5. The lowest BCUT2D eigenvalue weighted by atomic mass is 10.0. The summed E-state index contributed by atoms with van der Waals surface area (Å²) in [6, 6.07) is 8.62. The average Bonchev–Trinajstić information content (AvgIpc) is 3.46. The molecule has 1 saturated heterocycles. The molecule has 4 heterocycles. The summed E-state index contributed by atoms with van der Waals surface area (Å²) in [4.78, 5) is 40.5. The van der Waals surface area contributed by atoms with Crippen LogP contribution >= 0.6 is 0 Å². The highest BCUT2D eigenvalue weighted by Gasteiger charge is 2.49. The van der Waals surface area contributed by atoms with Crippen molar-refractivity contribution in [2.45, 2.75) is 18.9 Å². The number of allylic oxidation sites excluding steroid dienone is 1. The molecule has 2 aromatic rings. The molecule has 3 N–H and O–H groups in total. The molecule has 0 spiro atoms. The molecule has 0 bridgehead atoms. The number of amidine groups is 1. The summed E-state index contributed by atoms with van der Waals surface area (Å²) in [5.41, 5.74) is 1.52. The van der Waals surface area contributed by atoms with Crippen LogP contribution in [0.1, 0.15) is 28.8 Å². The molecule has 0 aliphatic carbocycles. The van der Waals surface area contributed by atoms with E-state index in [0.717, 1.165) is 6.42 Å². The number of rotatable bonds is 5. The topological polar surface area (TPSA) is 113 Å². The van der Waals surface area contributed by atoms with Crippen molar-refractivity contribution in [1.82, 2.24) is 9.88 Å². The van der Waals surface area contributed by atoms with Crippen molar-refractivity contribution in [3.8, 4) is 0 Å². The number of benzene rings is 1. The molecular weight excluding hydrogens is 449 g/mol. The largest absolute Gasteiger partial charge is 0.330 e. The molecule has 0 radical (unpaired) electrons. The molecule has 176 valence electrons. The van der Waals surface area contributed by atoms with Crippen LogP contribution in [-0.2, 0) is 4.79 Å². The molecule has 0 saturated carbocycles. The lowest BCUT2D eigenvalue weighted by Gasteiger charge is -2.28. The second kappa shape index (κ2) is 8.82. The summed E-state index contributed by atoms with van der Waals surface area (Å²) < 4.78 is 14.1. The zero-order valence-electron chi connectivity index (χ0n) is 18.8. The van der Waals surface area contributed by atoms with Gasteiger partial charge < -0.3 is 10.2 Å². The highest BCUT2D eigenvalue weighted by Crippen LogP contribution is 2.37. The first-order valence-corrected chi connectivity index (χ1v) is 11.1. The number of nitrogens with one attached hydrogen (secondary N) is 1. The second-order valence-corrected chi connectivity index (χ2v) is 8.31. The molecule has 1 aromatic carbocycles. The van der Waals surface area contributed by atoms with Gasteiger partial charge in [-0.15, -0.1) is 4.59 Å². The van der Waals surface area contributed by atoms with Gasteiger partial charge in [0.15, 0.2) is 0 Å². The molecule has 3 aliphatic rings. The number of aromatic nitrogens is 1. The quantitative estimate of drug-likeness (QED) is 0.396.